The maximum atomic E-state index is 6.40. The van der Waals surface area contributed by atoms with Crippen molar-refractivity contribution in [2.75, 3.05) is 31.1 Å². The van der Waals surface area contributed by atoms with Gasteiger partial charge in [0.05, 0.1) is 0 Å². The van der Waals surface area contributed by atoms with E-state index in [1.54, 1.807) is 0 Å². The number of anilines is 1. The fourth-order valence-electron chi connectivity index (χ4n) is 4.42. The lowest BCUT2D eigenvalue weighted by Gasteiger charge is -2.42. The fraction of sp³-hybridized carbons (Fsp3) is 0.476. The molecule has 0 unspecified atom stereocenters. The normalized spacial score (nSPS) is 23.2. The molecular weight excluding hydrogens is 401 g/mol. The average molecular weight is 429 g/mol. The molecule has 0 N–H and O–H groups in total. The molecule has 2 aliphatic rings. The molecule has 1 aliphatic heterocycles. The lowest BCUT2D eigenvalue weighted by Crippen LogP contribution is -2.51. The Kier molecular flexibility index (Phi) is 8.68. The second-order valence-corrected chi connectivity index (χ2v) is 7.65. The van der Waals surface area contributed by atoms with Gasteiger partial charge in [-0.1, -0.05) is 35.9 Å². The van der Waals surface area contributed by atoms with Crippen molar-refractivity contribution >= 4 is 42.2 Å². The number of hydrogen-bond acceptors (Lipinski definition) is 3. The molecule has 2 heterocycles. The third-order valence-corrected chi connectivity index (χ3v) is 6.19. The van der Waals surface area contributed by atoms with Crippen molar-refractivity contribution < 1.29 is 0 Å². The summed E-state index contributed by atoms with van der Waals surface area (Å²) < 4.78 is 0. The van der Waals surface area contributed by atoms with Crippen LogP contribution in [0.5, 0.6) is 0 Å². The van der Waals surface area contributed by atoms with Gasteiger partial charge in [0.25, 0.3) is 0 Å². The maximum Gasteiger partial charge on any atom is 0.128 e. The number of rotatable bonds is 3. The predicted molar refractivity (Wildman–Crippen MR) is 119 cm³/mol. The third-order valence-electron chi connectivity index (χ3n) is 5.85. The molecule has 0 atom stereocenters. The van der Waals surface area contributed by atoms with Crippen molar-refractivity contribution in [3.05, 3.63) is 59.2 Å². The minimum absolute atomic E-state index is 0. The van der Waals surface area contributed by atoms with E-state index >= 15 is 0 Å². The van der Waals surface area contributed by atoms with Crippen molar-refractivity contribution in [3.63, 3.8) is 0 Å². The molecule has 2 aromatic rings. The standard InChI is InChI=1S/C21H26ClN3.2ClH/c22-20-6-2-1-5-19(20)17-8-10-18(11-9-17)24-13-15-25(16-14-24)21-7-3-4-12-23-21;;/h1-7,12,17-18H,8-11,13-16H2;2*1H. The smallest absolute Gasteiger partial charge is 0.128 e. The minimum Gasteiger partial charge on any atom is -0.354 e. The Balaban J connectivity index is 0.00000131. The number of pyridine rings is 1. The molecule has 1 aromatic carbocycles. The summed E-state index contributed by atoms with van der Waals surface area (Å²) in [4.78, 5) is 9.59. The van der Waals surface area contributed by atoms with Crippen LogP contribution in [0.1, 0.15) is 37.2 Å². The zero-order valence-corrected chi connectivity index (χ0v) is 17.9. The molecule has 6 heteroatoms. The summed E-state index contributed by atoms with van der Waals surface area (Å²) in [5.74, 6) is 1.75. The van der Waals surface area contributed by atoms with Gasteiger partial charge >= 0.3 is 0 Å². The molecule has 27 heavy (non-hydrogen) atoms. The molecule has 3 nitrogen and oxygen atoms in total. The Morgan fingerprint density at radius 3 is 2.11 bits per heavy atom. The molecule has 1 aliphatic carbocycles. The Bertz CT molecular complexity index is 682. The van der Waals surface area contributed by atoms with Gasteiger partial charge in [0.2, 0.25) is 0 Å². The van der Waals surface area contributed by atoms with Crippen molar-refractivity contribution in [1.29, 1.82) is 0 Å². The van der Waals surface area contributed by atoms with Gasteiger partial charge in [-0.25, -0.2) is 4.98 Å². The van der Waals surface area contributed by atoms with E-state index in [9.17, 15) is 0 Å². The van der Waals surface area contributed by atoms with Crippen molar-refractivity contribution in [1.82, 2.24) is 9.88 Å². The first kappa shape index (κ1) is 22.3. The zero-order valence-electron chi connectivity index (χ0n) is 15.5. The highest BCUT2D eigenvalue weighted by Crippen LogP contribution is 2.37. The van der Waals surface area contributed by atoms with E-state index in [2.05, 4.69) is 39.0 Å². The molecule has 0 radical (unpaired) electrons. The monoisotopic (exact) mass is 427 g/mol. The largest absolute Gasteiger partial charge is 0.354 e. The summed E-state index contributed by atoms with van der Waals surface area (Å²) in [5.41, 5.74) is 1.35. The minimum atomic E-state index is 0. The van der Waals surface area contributed by atoms with E-state index in [1.807, 2.05) is 24.4 Å². The van der Waals surface area contributed by atoms with Crippen molar-refractivity contribution in [2.45, 2.75) is 37.6 Å². The van der Waals surface area contributed by atoms with Gasteiger partial charge in [-0.3, -0.25) is 4.90 Å². The lowest BCUT2D eigenvalue weighted by atomic mass is 9.81. The average Bonchev–Trinajstić information content (AvgIpc) is 2.69. The number of nitrogens with zero attached hydrogens (tertiary/aromatic N) is 3. The van der Waals surface area contributed by atoms with Crippen molar-refractivity contribution in [3.8, 4) is 0 Å². The van der Waals surface area contributed by atoms with Gasteiger partial charge in [0.15, 0.2) is 0 Å². The highest BCUT2D eigenvalue weighted by molar-refractivity contribution is 6.31. The summed E-state index contributed by atoms with van der Waals surface area (Å²) in [6.45, 7) is 4.47. The van der Waals surface area contributed by atoms with Gasteiger partial charge < -0.3 is 4.90 Å². The molecular formula is C21H28Cl3N3. The first-order chi connectivity index (χ1) is 12.3. The number of aromatic nitrogens is 1. The van der Waals surface area contributed by atoms with Crippen LogP contribution in [0.2, 0.25) is 5.02 Å². The van der Waals surface area contributed by atoms with Crippen LogP contribution in [0.4, 0.5) is 5.82 Å². The van der Waals surface area contributed by atoms with Crippen LogP contribution < -0.4 is 4.90 Å². The van der Waals surface area contributed by atoms with Gasteiger partial charge in [0.1, 0.15) is 5.82 Å². The number of halogens is 3. The Morgan fingerprint density at radius 2 is 1.48 bits per heavy atom. The predicted octanol–water partition coefficient (Wildman–Crippen LogP) is 5.43. The molecule has 1 saturated carbocycles. The second kappa shape index (κ2) is 10.5. The summed E-state index contributed by atoms with van der Waals surface area (Å²) in [6.07, 6.45) is 6.99. The van der Waals surface area contributed by atoms with Crippen LogP contribution in [0, 0.1) is 0 Å². The van der Waals surface area contributed by atoms with E-state index in [1.165, 1.54) is 31.2 Å². The van der Waals surface area contributed by atoms with Crippen LogP contribution in [0.3, 0.4) is 0 Å². The van der Waals surface area contributed by atoms with Crippen LogP contribution >= 0.6 is 36.4 Å². The summed E-state index contributed by atoms with van der Waals surface area (Å²) in [5, 5.41) is 0.940. The summed E-state index contributed by atoms with van der Waals surface area (Å²) in [6, 6.07) is 15.3. The molecule has 0 spiro atoms. The van der Waals surface area contributed by atoms with Crippen LogP contribution in [0.15, 0.2) is 48.7 Å². The third kappa shape index (κ3) is 5.29. The maximum absolute atomic E-state index is 6.40. The Morgan fingerprint density at radius 1 is 0.815 bits per heavy atom. The quantitative estimate of drug-likeness (QED) is 0.650. The first-order valence-corrected chi connectivity index (χ1v) is 9.83. The molecule has 4 rings (SSSR count). The lowest BCUT2D eigenvalue weighted by molar-refractivity contribution is 0.141. The van der Waals surface area contributed by atoms with E-state index < -0.39 is 0 Å². The Hall–Kier alpha value is -1.00. The molecule has 1 saturated heterocycles. The molecule has 2 fully saturated rings. The second-order valence-electron chi connectivity index (χ2n) is 7.24. The summed E-state index contributed by atoms with van der Waals surface area (Å²) >= 11 is 6.40. The van der Waals surface area contributed by atoms with Gasteiger partial charge in [-0.15, -0.1) is 24.8 Å². The zero-order chi connectivity index (χ0) is 17.1. The van der Waals surface area contributed by atoms with E-state index in [0.717, 1.165) is 43.1 Å². The van der Waals surface area contributed by atoms with Crippen LogP contribution in [-0.2, 0) is 0 Å². The van der Waals surface area contributed by atoms with E-state index in [-0.39, 0.29) is 24.8 Å². The molecule has 0 bridgehead atoms. The van der Waals surface area contributed by atoms with E-state index in [0.29, 0.717) is 5.92 Å². The van der Waals surface area contributed by atoms with Crippen LogP contribution in [-0.4, -0.2) is 42.1 Å². The number of benzene rings is 1. The topological polar surface area (TPSA) is 19.4 Å². The van der Waals surface area contributed by atoms with Gasteiger partial charge in [0, 0.05) is 43.4 Å². The first-order valence-electron chi connectivity index (χ1n) is 9.46. The molecule has 148 valence electrons. The SMILES string of the molecule is Cl.Cl.Clc1ccccc1C1CCC(N2CCN(c3ccccn3)CC2)CC1. The van der Waals surface area contributed by atoms with Crippen molar-refractivity contribution in [2.24, 2.45) is 0 Å². The van der Waals surface area contributed by atoms with Gasteiger partial charge in [-0.05, 0) is 55.4 Å². The highest BCUT2D eigenvalue weighted by atomic mass is 35.5. The number of piperazine rings is 1. The van der Waals surface area contributed by atoms with Gasteiger partial charge in [-0.2, -0.15) is 0 Å². The summed E-state index contributed by atoms with van der Waals surface area (Å²) in [7, 11) is 0. The number of hydrogen-bond donors (Lipinski definition) is 0. The molecule has 0 amide bonds. The Labute approximate surface area is 179 Å². The molecule has 1 aromatic heterocycles. The fourth-order valence-corrected chi connectivity index (χ4v) is 4.71. The van der Waals surface area contributed by atoms with Crippen LogP contribution in [0.25, 0.3) is 0 Å². The highest BCUT2D eigenvalue weighted by Gasteiger charge is 2.29. The van der Waals surface area contributed by atoms with E-state index in [4.69, 9.17) is 11.6 Å².